The minimum atomic E-state index is -0.592. The minimum Gasteiger partial charge on any atom is -0.492 e. The highest BCUT2D eigenvalue weighted by atomic mass is 79.9. The molecule has 1 unspecified atom stereocenters. The van der Waals surface area contributed by atoms with Gasteiger partial charge in [-0.25, -0.2) is 0 Å². The summed E-state index contributed by atoms with van der Waals surface area (Å²) in [5, 5.41) is 5.69. The van der Waals surface area contributed by atoms with E-state index in [0.29, 0.717) is 29.6 Å². The first-order chi connectivity index (χ1) is 13.5. The zero-order valence-electron chi connectivity index (χ0n) is 16.0. The molecule has 0 bridgehead atoms. The van der Waals surface area contributed by atoms with E-state index >= 15 is 0 Å². The lowest BCUT2D eigenvalue weighted by Gasteiger charge is -2.19. The van der Waals surface area contributed by atoms with Gasteiger partial charge < -0.3 is 15.4 Å². The van der Waals surface area contributed by atoms with E-state index in [-0.39, 0.29) is 11.8 Å². The summed E-state index contributed by atoms with van der Waals surface area (Å²) in [7, 11) is 0. The second-order valence-electron chi connectivity index (χ2n) is 6.24. The van der Waals surface area contributed by atoms with Crippen LogP contribution in [0.15, 0.2) is 53.0 Å². The van der Waals surface area contributed by atoms with Gasteiger partial charge in [0.1, 0.15) is 18.4 Å². The van der Waals surface area contributed by atoms with Crippen LogP contribution < -0.4 is 15.4 Å². The van der Waals surface area contributed by atoms with E-state index in [1.165, 1.54) is 0 Å². The molecule has 2 aromatic carbocycles. The highest BCUT2D eigenvalue weighted by Gasteiger charge is 2.21. The third-order valence-corrected chi connectivity index (χ3v) is 5.35. The van der Waals surface area contributed by atoms with Crippen molar-refractivity contribution >= 4 is 39.5 Å². The molecule has 150 valence electrons. The Hall–Kier alpha value is -1.99. The van der Waals surface area contributed by atoms with Crippen molar-refractivity contribution in [2.45, 2.75) is 19.4 Å². The molecule has 7 heteroatoms. The van der Waals surface area contributed by atoms with Crippen molar-refractivity contribution in [1.82, 2.24) is 10.6 Å². The lowest BCUT2D eigenvalue weighted by atomic mass is 10.1. The van der Waals surface area contributed by atoms with Gasteiger partial charge in [0.05, 0.1) is 12.1 Å². The molecule has 0 heterocycles. The number of carbonyl (C=O) groups is 2. The van der Waals surface area contributed by atoms with Crippen molar-refractivity contribution in [3.8, 4) is 5.75 Å². The Morgan fingerprint density at radius 1 is 1.18 bits per heavy atom. The first-order valence-corrected chi connectivity index (χ1v) is 11.2. The molecule has 0 spiro atoms. The summed E-state index contributed by atoms with van der Waals surface area (Å²) in [5.41, 5.74) is 1.63. The molecule has 2 N–H and O–H groups in total. The van der Waals surface area contributed by atoms with Gasteiger partial charge in [0, 0.05) is 4.47 Å². The molecule has 5 nitrogen and oxygen atoms in total. The number of amides is 2. The van der Waals surface area contributed by atoms with Crippen LogP contribution in [0.5, 0.6) is 5.75 Å². The van der Waals surface area contributed by atoms with Crippen LogP contribution >= 0.6 is 27.7 Å². The van der Waals surface area contributed by atoms with Gasteiger partial charge in [0.2, 0.25) is 5.91 Å². The van der Waals surface area contributed by atoms with Crippen LogP contribution in [-0.2, 0) is 4.79 Å². The zero-order valence-corrected chi connectivity index (χ0v) is 18.4. The number of benzene rings is 2. The number of thioether (sulfide) groups is 1. The van der Waals surface area contributed by atoms with Gasteiger partial charge in [0.25, 0.3) is 5.91 Å². The van der Waals surface area contributed by atoms with Crippen molar-refractivity contribution in [1.29, 1.82) is 0 Å². The largest absolute Gasteiger partial charge is 0.492 e. The summed E-state index contributed by atoms with van der Waals surface area (Å²) >= 11 is 5.01. The lowest BCUT2D eigenvalue weighted by Crippen LogP contribution is -2.48. The number of hydrogen-bond acceptors (Lipinski definition) is 4. The Morgan fingerprint density at radius 2 is 1.96 bits per heavy atom. The van der Waals surface area contributed by atoms with E-state index in [2.05, 4.69) is 26.6 Å². The molecule has 28 heavy (non-hydrogen) atoms. The van der Waals surface area contributed by atoms with E-state index in [4.69, 9.17) is 4.74 Å². The SMILES string of the molecule is CSCCC(NC(=O)c1ccccc1Br)C(=O)NCCOc1cccc(C)c1. The van der Waals surface area contributed by atoms with Crippen molar-refractivity contribution in [3.05, 3.63) is 64.1 Å². The predicted molar refractivity (Wildman–Crippen MR) is 118 cm³/mol. The van der Waals surface area contributed by atoms with Crippen LogP contribution in [-0.4, -0.2) is 43.0 Å². The Labute approximate surface area is 178 Å². The number of halogens is 1. The fraction of sp³-hybridized carbons (Fsp3) is 0.333. The smallest absolute Gasteiger partial charge is 0.253 e. The molecule has 0 radical (unpaired) electrons. The number of carbonyl (C=O) groups excluding carboxylic acids is 2. The second-order valence-corrected chi connectivity index (χ2v) is 8.08. The van der Waals surface area contributed by atoms with E-state index in [1.807, 2.05) is 43.5 Å². The first-order valence-electron chi connectivity index (χ1n) is 9.02. The molecule has 0 aliphatic carbocycles. The van der Waals surface area contributed by atoms with Crippen molar-refractivity contribution < 1.29 is 14.3 Å². The highest BCUT2D eigenvalue weighted by Crippen LogP contribution is 2.16. The fourth-order valence-electron chi connectivity index (χ4n) is 2.56. The summed E-state index contributed by atoms with van der Waals surface area (Å²) < 4.78 is 6.35. The third kappa shape index (κ3) is 7.20. The van der Waals surface area contributed by atoms with Crippen LogP contribution in [0.4, 0.5) is 0 Å². The van der Waals surface area contributed by atoms with Crippen LogP contribution in [0.2, 0.25) is 0 Å². The van der Waals surface area contributed by atoms with Crippen LogP contribution in [0.1, 0.15) is 22.3 Å². The topological polar surface area (TPSA) is 67.4 Å². The summed E-state index contributed by atoms with van der Waals surface area (Å²) in [6, 6.07) is 14.3. The number of ether oxygens (including phenoxy) is 1. The normalized spacial score (nSPS) is 11.5. The molecule has 0 aliphatic heterocycles. The molecule has 2 amide bonds. The van der Waals surface area contributed by atoms with Gasteiger partial charge in [-0.3, -0.25) is 9.59 Å². The third-order valence-electron chi connectivity index (χ3n) is 4.01. The first kappa shape index (κ1) is 22.3. The molecule has 2 aromatic rings. The molecule has 2 rings (SSSR count). The monoisotopic (exact) mass is 464 g/mol. The Morgan fingerprint density at radius 3 is 2.68 bits per heavy atom. The van der Waals surface area contributed by atoms with Gasteiger partial charge >= 0.3 is 0 Å². The molecular weight excluding hydrogens is 440 g/mol. The van der Waals surface area contributed by atoms with Gasteiger partial charge in [-0.05, 0) is 71.1 Å². The minimum absolute atomic E-state index is 0.206. The summed E-state index contributed by atoms with van der Waals surface area (Å²) in [4.78, 5) is 25.1. The highest BCUT2D eigenvalue weighted by molar-refractivity contribution is 9.10. The van der Waals surface area contributed by atoms with Gasteiger partial charge in [-0.15, -0.1) is 0 Å². The summed E-state index contributed by atoms with van der Waals surface area (Å²) in [6.07, 6.45) is 2.53. The quantitative estimate of drug-likeness (QED) is 0.524. The Kier molecular flexibility index (Phi) is 9.37. The van der Waals surface area contributed by atoms with Gasteiger partial charge in [0.15, 0.2) is 0 Å². The van der Waals surface area contributed by atoms with Crippen LogP contribution in [0.3, 0.4) is 0 Å². The maximum Gasteiger partial charge on any atom is 0.253 e. The van der Waals surface area contributed by atoms with E-state index in [1.54, 1.807) is 30.0 Å². The Bertz CT molecular complexity index is 801. The number of rotatable bonds is 10. The lowest BCUT2D eigenvalue weighted by molar-refractivity contribution is -0.123. The maximum atomic E-state index is 12.6. The van der Waals surface area contributed by atoms with E-state index < -0.39 is 6.04 Å². The van der Waals surface area contributed by atoms with Crippen molar-refractivity contribution in [3.63, 3.8) is 0 Å². The molecule has 0 aromatic heterocycles. The maximum absolute atomic E-state index is 12.6. The number of nitrogens with one attached hydrogen (secondary N) is 2. The second kappa shape index (κ2) is 11.8. The Balaban J connectivity index is 1.87. The molecule has 1 atom stereocenters. The average Bonchev–Trinajstić information content (AvgIpc) is 2.68. The fourth-order valence-corrected chi connectivity index (χ4v) is 3.49. The van der Waals surface area contributed by atoms with Crippen LogP contribution in [0, 0.1) is 6.92 Å². The predicted octanol–water partition coefficient (Wildman–Crippen LogP) is 3.80. The number of hydrogen-bond donors (Lipinski definition) is 2. The molecule has 0 saturated heterocycles. The molecule has 0 saturated carbocycles. The van der Waals surface area contributed by atoms with Gasteiger partial charge in [-0.2, -0.15) is 11.8 Å². The molecule has 0 fully saturated rings. The average molecular weight is 465 g/mol. The molecule has 0 aliphatic rings. The van der Waals surface area contributed by atoms with Crippen LogP contribution in [0.25, 0.3) is 0 Å². The zero-order chi connectivity index (χ0) is 20.4. The summed E-state index contributed by atoms with van der Waals surface area (Å²) in [5.74, 6) is 1.07. The number of aryl methyl sites for hydroxylation is 1. The van der Waals surface area contributed by atoms with E-state index in [9.17, 15) is 9.59 Å². The van der Waals surface area contributed by atoms with Crippen molar-refractivity contribution in [2.75, 3.05) is 25.2 Å². The van der Waals surface area contributed by atoms with Gasteiger partial charge in [-0.1, -0.05) is 24.3 Å². The standard InChI is InChI=1S/C21H25BrN2O3S/c1-15-6-5-7-16(14-15)27-12-11-23-21(26)19(10-13-28-2)24-20(25)17-8-3-4-9-18(17)22/h3-9,14,19H,10-13H2,1-2H3,(H,23,26)(H,24,25). The van der Waals surface area contributed by atoms with E-state index in [0.717, 1.165) is 17.1 Å². The molecular formula is C21H25BrN2O3S. The van der Waals surface area contributed by atoms with Crippen molar-refractivity contribution in [2.24, 2.45) is 0 Å². The summed E-state index contributed by atoms with van der Waals surface area (Å²) in [6.45, 7) is 2.73.